The average Bonchev–Trinajstić information content (AvgIpc) is 2.36. The molecule has 0 atom stereocenters. The first-order valence-corrected chi connectivity index (χ1v) is 7.00. The Labute approximate surface area is 119 Å². The highest BCUT2D eigenvalue weighted by molar-refractivity contribution is 5.52. The fourth-order valence-electron chi connectivity index (χ4n) is 2.00. The molecule has 6 nitrogen and oxygen atoms in total. The standard InChI is InChI=1S/C14H24N4O2/c1-4-5-6-7-14(2,3)10-16-13-9-11(18(19)20)8-12(15)17-13/h8-9H,4-7,10H2,1-3H3,(H3,15,16,17). The Morgan fingerprint density at radius 1 is 1.40 bits per heavy atom. The zero-order valence-electron chi connectivity index (χ0n) is 12.5. The van der Waals surface area contributed by atoms with E-state index in [2.05, 4.69) is 31.1 Å². The van der Waals surface area contributed by atoms with Crippen LogP contribution in [0.4, 0.5) is 17.3 Å². The van der Waals surface area contributed by atoms with Crippen LogP contribution in [-0.2, 0) is 0 Å². The molecule has 1 aromatic rings. The topological polar surface area (TPSA) is 94.1 Å². The zero-order chi connectivity index (χ0) is 15.2. The number of unbranched alkanes of at least 4 members (excludes halogenated alkanes) is 2. The first-order chi connectivity index (χ1) is 9.34. The molecule has 0 radical (unpaired) electrons. The summed E-state index contributed by atoms with van der Waals surface area (Å²) in [5.74, 6) is 0.616. The Kier molecular flexibility index (Phi) is 5.73. The molecular weight excluding hydrogens is 256 g/mol. The third-order valence-corrected chi connectivity index (χ3v) is 3.25. The third kappa shape index (κ3) is 5.42. The van der Waals surface area contributed by atoms with Gasteiger partial charge in [0.2, 0.25) is 0 Å². The highest BCUT2D eigenvalue weighted by Gasteiger charge is 2.18. The number of nitro groups is 1. The maximum absolute atomic E-state index is 10.8. The minimum absolute atomic E-state index is 0.0382. The van der Waals surface area contributed by atoms with Crippen LogP contribution in [0.25, 0.3) is 0 Å². The Morgan fingerprint density at radius 2 is 2.10 bits per heavy atom. The highest BCUT2D eigenvalue weighted by Crippen LogP contribution is 2.25. The van der Waals surface area contributed by atoms with Gasteiger partial charge >= 0.3 is 0 Å². The van der Waals surface area contributed by atoms with E-state index in [1.807, 2.05) is 0 Å². The number of nitrogens with zero attached hydrogens (tertiary/aromatic N) is 2. The molecule has 0 aliphatic rings. The van der Waals surface area contributed by atoms with Gasteiger partial charge in [-0.25, -0.2) is 4.98 Å². The van der Waals surface area contributed by atoms with Gasteiger partial charge in [0.05, 0.1) is 17.1 Å². The largest absolute Gasteiger partial charge is 0.383 e. The predicted molar refractivity (Wildman–Crippen MR) is 81.7 cm³/mol. The molecule has 0 spiro atoms. The smallest absolute Gasteiger partial charge is 0.276 e. The number of anilines is 2. The summed E-state index contributed by atoms with van der Waals surface area (Å²) < 4.78 is 0. The number of rotatable bonds is 8. The van der Waals surface area contributed by atoms with Crippen molar-refractivity contribution in [3.63, 3.8) is 0 Å². The molecule has 1 aromatic heterocycles. The van der Waals surface area contributed by atoms with E-state index in [0.717, 1.165) is 6.42 Å². The van der Waals surface area contributed by atoms with Crippen molar-refractivity contribution in [2.45, 2.75) is 46.5 Å². The van der Waals surface area contributed by atoms with Gasteiger partial charge in [0.15, 0.2) is 0 Å². The lowest BCUT2D eigenvalue weighted by molar-refractivity contribution is -0.384. The summed E-state index contributed by atoms with van der Waals surface area (Å²) in [6, 6.07) is 2.68. The number of nitrogens with two attached hydrogens (primary N) is 1. The monoisotopic (exact) mass is 280 g/mol. The molecule has 1 rings (SSSR count). The fraction of sp³-hybridized carbons (Fsp3) is 0.643. The maximum Gasteiger partial charge on any atom is 0.276 e. The summed E-state index contributed by atoms with van der Waals surface area (Å²) in [5, 5.41) is 13.9. The molecule has 112 valence electrons. The van der Waals surface area contributed by atoms with Gasteiger partial charge in [-0.1, -0.05) is 40.0 Å². The van der Waals surface area contributed by atoms with E-state index in [1.165, 1.54) is 31.4 Å². The molecule has 0 saturated heterocycles. The van der Waals surface area contributed by atoms with Gasteiger partial charge in [-0.15, -0.1) is 0 Å². The second kappa shape index (κ2) is 7.07. The quantitative estimate of drug-likeness (QED) is 0.431. The van der Waals surface area contributed by atoms with Gasteiger partial charge in [0, 0.05) is 6.54 Å². The van der Waals surface area contributed by atoms with Gasteiger partial charge in [-0.3, -0.25) is 10.1 Å². The summed E-state index contributed by atoms with van der Waals surface area (Å²) in [7, 11) is 0. The molecule has 0 saturated carbocycles. The van der Waals surface area contributed by atoms with Crippen LogP contribution in [0, 0.1) is 15.5 Å². The van der Waals surface area contributed by atoms with Gasteiger partial charge < -0.3 is 11.1 Å². The average molecular weight is 280 g/mol. The number of nitrogens with one attached hydrogen (secondary N) is 1. The van der Waals surface area contributed by atoms with E-state index in [0.29, 0.717) is 12.4 Å². The molecule has 3 N–H and O–H groups in total. The van der Waals surface area contributed by atoms with Crippen molar-refractivity contribution >= 4 is 17.3 Å². The summed E-state index contributed by atoms with van der Waals surface area (Å²) in [6.45, 7) is 7.25. The van der Waals surface area contributed by atoms with E-state index in [1.54, 1.807) is 0 Å². The van der Waals surface area contributed by atoms with Crippen LogP contribution in [0.15, 0.2) is 12.1 Å². The summed E-state index contributed by atoms with van der Waals surface area (Å²) in [5.41, 5.74) is 5.66. The fourth-order valence-corrected chi connectivity index (χ4v) is 2.00. The minimum atomic E-state index is -0.463. The van der Waals surface area contributed by atoms with Crippen LogP contribution in [0.2, 0.25) is 0 Å². The molecule has 0 unspecified atom stereocenters. The predicted octanol–water partition coefficient (Wildman–Crippen LogP) is 3.59. The first-order valence-electron chi connectivity index (χ1n) is 7.00. The first kappa shape index (κ1) is 16.2. The molecule has 0 aliphatic heterocycles. The summed E-state index contributed by atoms with van der Waals surface area (Å²) in [4.78, 5) is 14.4. The highest BCUT2D eigenvalue weighted by atomic mass is 16.6. The lowest BCUT2D eigenvalue weighted by atomic mass is 9.87. The van der Waals surface area contributed by atoms with Crippen LogP contribution >= 0.6 is 0 Å². The Bertz CT molecular complexity index is 460. The van der Waals surface area contributed by atoms with Crippen molar-refractivity contribution in [2.75, 3.05) is 17.6 Å². The van der Waals surface area contributed by atoms with E-state index >= 15 is 0 Å². The van der Waals surface area contributed by atoms with Gasteiger partial charge in [-0.2, -0.15) is 0 Å². The lowest BCUT2D eigenvalue weighted by Gasteiger charge is -2.25. The second-order valence-electron chi connectivity index (χ2n) is 5.87. The third-order valence-electron chi connectivity index (χ3n) is 3.25. The Balaban J connectivity index is 2.62. The van der Waals surface area contributed by atoms with Gasteiger partial charge in [0.25, 0.3) is 5.69 Å². The van der Waals surface area contributed by atoms with Crippen LogP contribution in [0.1, 0.15) is 46.5 Å². The van der Waals surface area contributed by atoms with Crippen molar-refractivity contribution in [2.24, 2.45) is 5.41 Å². The van der Waals surface area contributed by atoms with E-state index in [-0.39, 0.29) is 16.9 Å². The van der Waals surface area contributed by atoms with E-state index in [9.17, 15) is 10.1 Å². The van der Waals surface area contributed by atoms with Crippen molar-refractivity contribution < 1.29 is 4.92 Å². The normalized spacial score (nSPS) is 11.3. The van der Waals surface area contributed by atoms with Crippen molar-refractivity contribution in [1.82, 2.24) is 4.98 Å². The number of nitrogen functional groups attached to an aromatic ring is 1. The summed E-state index contributed by atoms with van der Waals surface area (Å²) >= 11 is 0. The number of pyridine rings is 1. The molecule has 0 bridgehead atoms. The molecule has 0 amide bonds. The molecule has 20 heavy (non-hydrogen) atoms. The molecular formula is C14H24N4O2. The minimum Gasteiger partial charge on any atom is -0.383 e. The van der Waals surface area contributed by atoms with Gasteiger partial charge in [-0.05, 0) is 11.8 Å². The second-order valence-corrected chi connectivity index (χ2v) is 5.87. The van der Waals surface area contributed by atoms with Crippen molar-refractivity contribution in [1.29, 1.82) is 0 Å². The SMILES string of the molecule is CCCCCC(C)(C)CNc1cc([N+](=O)[O-])cc(N)n1. The maximum atomic E-state index is 10.8. The molecule has 1 heterocycles. The molecule has 6 heteroatoms. The summed E-state index contributed by atoms with van der Waals surface area (Å²) in [6.07, 6.45) is 4.73. The number of aromatic nitrogens is 1. The van der Waals surface area contributed by atoms with E-state index in [4.69, 9.17) is 5.73 Å². The van der Waals surface area contributed by atoms with Gasteiger partial charge in [0.1, 0.15) is 11.6 Å². The Morgan fingerprint density at radius 3 is 2.70 bits per heavy atom. The van der Waals surface area contributed by atoms with Crippen molar-refractivity contribution in [3.8, 4) is 0 Å². The van der Waals surface area contributed by atoms with Crippen LogP contribution in [-0.4, -0.2) is 16.5 Å². The zero-order valence-corrected chi connectivity index (χ0v) is 12.5. The molecule has 0 aromatic carbocycles. The number of hydrogen-bond donors (Lipinski definition) is 2. The van der Waals surface area contributed by atoms with Crippen LogP contribution in [0.5, 0.6) is 0 Å². The molecule has 0 aliphatic carbocycles. The van der Waals surface area contributed by atoms with Crippen molar-refractivity contribution in [3.05, 3.63) is 22.2 Å². The van der Waals surface area contributed by atoms with Crippen LogP contribution < -0.4 is 11.1 Å². The number of hydrogen-bond acceptors (Lipinski definition) is 5. The molecule has 0 fully saturated rings. The Hall–Kier alpha value is -1.85. The lowest BCUT2D eigenvalue weighted by Crippen LogP contribution is -2.23. The van der Waals surface area contributed by atoms with Crippen LogP contribution in [0.3, 0.4) is 0 Å². The van der Waals surface area contributed by atoms with E-state index < -0.39 is 4.92 Å².